The maximum atomic E-state index is 5.65. The molecule has 1 aromatic rings. The summed E-state index contributed by atoms with van der Waals surface area (Å²) >= 11 is 0. The van der Waals surface area contributed by atoms with Gasteiger partial charge in [-0.3, -0.25) is 0 Å². The molecule has 2 aliphatic carbocycles. The fourth-order valence-electron chi connectivity index (χ4n) is 2.76. The van der Waals surface area contributed by atoms with Crippen LogP contribution in [0.4, 0.5) is 5.95 Å². The van der Waals surface area contributed by atoms with Gasteiger partial charge in [0.1, 0.15) is 0 Å². The summed E-state index contributed by atoms with van der Waals surface area (Å²) in [5.74, 6) is 3.91. The minimum atomic E-state index is 0.542. The summed E-state index contributed by atoms with van der Waals surface area (Å²) in [5, 5.41) is 4.34. The van der Waals surface area contributed by atoms with Crippen LogP contribution < -0.4 is 5.73 Å². The summed E-state index contributed by atoms with van der Waals surface area (Å²) in [6, 6.07) is 0. The quantitative estimate of drug-likeness (QED) is 0.695. The number of hydrogen-bond donors (Lipinski definition) is 1. The van der Waals surface area contributed by atoms with E-state index in [1.165, 1.54) is 19.3 Å². The zero-order valence-corrected chi connectivity index (χ0v) is 7.77. The van der Waals surface area contributed by atoms with E-state index in [1.54, 1.807) is 4.68 Å². The van der Waals surface area contributed by atoms with Crippen molar-refractivity contribution in [3.05, 3.63) is 5.82 Å². The average Bonchev–Trinajstić information content (AvgIpc) is 2.44. The normalized spacial score (nSPS) is 36.2. The van der Waals surface area contributed by atoms with E-state index in [9.17, 15) is 0 Å². The number of aryl methyl sites for hydroxylation is 1. The Kier molecular flexibility index (Phi) is 1.27. The third-order valence-corrected chi connectivity index (χ3v) is 3.52. The molecule has 2 fully saturated rings. The summed E-state index contributed by atoms with van der Waals surface area (Å²) < 4.78 is 1.67. The van der Waals surface area contributed by atoms with Crippen molar-refractivity contribution in [3.8, 4) is 0 Å². The van der Waals surface area contributed by atoms with Crippen molar-refractivity contribution in [2.24, 2.45) is 18.9 Å². The first kappa shape index (κ1) is 7.35. The lowest BCUT2D eigenvalue weighted by molar-refractivity contribution is 0.647. The van der Waals surface area contributed by atoms with Crippen LogP contribution in [0.5, 0.6) is 0 Å². The highest BCUT2D eigenvalue weighted by molar-refractivity contribution is 5.23. The molecule has 4 nitrogen and oxygen atoms in total. The van der Waals surface area contributed by atoms with E-state index in [-0.39, 0.29) is 0 Å². The SMILES string of the molecule is Cn1nc(C2C3CCCC32)nc1N. The Morgan fingerprint density at radius 3 is 2.62 bits per heavy atom. The number of anilines is 1. The van der Waals surface area contributed by atoms with Gasteiger partial charge in [0.25, 0.3) is 0 Å². The molecule has 0 saturated heterocycles. The van der Waals surface area contributed by atoms with Crippen LogP contribution in [0.25, 0.3) is 0 Å². The van der Waals surface area contributed by atoms with Gasteiger partial charge in [-0.15, -0.1) is 0 Å². The van der Waals surface area contributed by atoms with Crippen LogP contribution in [0.3, 0.4) is 0 Å². The van der Waals surface area contributed by atoms with Gasteiger partial charge in [-0.25, -0.2) is 4.68 Å². The molecule has 0 bridgehead atoms. The summed E-state index contributed by atoms with van der Waals surface area (Å²) in [6.07, 6.45) is 4.13. The van der Waals surface area contributed by atoms with Gasteiger partial charge in [-0.1, -0.05) is 6.42 Å². The van der Waals surface area contributed by atoms with Crippen LogP contribution in [0.1, 0.15) is 31.0 Å². The zero-order valence-electron chi connectivity index (χ0n) is 7.77. The Hall–Kier alpha value is -1.06. The largest absolute Gasteiger partial charge is 0.368 e. The van der Waals surface area contributed by atoms with Gasteiger partial charge in [0.15, 0.2) is 5.82 Å². The molecule has 0 aliphatic heterocycles. The van der Waals surface area contributed by atoms with Gasteiger partial charge in [0.05, 0.1) is 0 Å². The van der Waals surface area contributed by atoms with Gasteiger partial charge in [-0.2, -0.15) is 10.1 Å². The molecule has 0 aromatic carbocycles. The van der Waals surface area contributed by atoms with Crippen LogP contribution >= 0.6 is 0 Å². The topological polar surface area (TPSA) is 56.7 Å². The zero-order chi connectivity index (χ0) is 9.00. The van der Waals surface area contributed by atoms with Crippen molar-refractivity contribution in [1.29, 1.82) is 0 Å². The highest BCUT2D eigenvalue weighted by atomic mass is 15.4. The van der Waals surface area contributed by atoms with Crippen LogP contribution in [0.15, 0.2) is 0 Å². The van der Waals surface area contributed by atoms with Crippen LogP contribution in [0, 0.1) is 11.8 Å². The van der Waals surface area contributed by atoms with E-state index in [1.807, 2.05) is 7.05 Å². The third kappa shape index (κ3) is 0.913. The van der Waals surface area contributed by atoms with Crippen molar-refractivity contribution in [3.63, 3.8) is 0 Å². The predicted octanol–water partition coefficient (Wildman–Crippen LogP) is 0.911. The summed E-state index contributed by atoms with van der Waals surface area (Å²) in [4.78, 5) is 4.28. The van der Waals surface area contributed by atoms with Gasteiger partial charge >= 0.3 is 0 Å². The molecule has 70 valence electrons. The Labute approximate surface area is 77.1 Å². The molecule has 1 heterocycles. The van der Waals surface area contributed by atoms with E-state index in [2.05, 4.69) is 10.1 Å². The second-order valence-electron chi connectivity index (χ2n) is 4.24. The number of nitrogen functional groups attached to an aromatic ring is 1. The fourth-order valence-corrected chi connectivity index (χ4v) is 2.76. The second-order valence-corrected chi connectivity index (χ2v) is 4.24. The maximum Gasteiger partial charge on any atom is 0.218 e. The van der Waals surface area contributed by atoms with Crippen molar-refractivity contribution >= 4 is 5.95 Å². The molecule has 2 N–H and O–H groups in total. The third-order valence-electron chi connectivity index (χ3n) is 3.52. The number of rotatable bonds is 1. The Morgan fingerprint density at radius 2 is 2.08 bits per heavy atom. The number of hydrogen-bond acceptors (Lipinski definition) is 3. The van der Waals surface area contributed by atoms with Gasteiger partial charge in [0, 0.05) is 13.0 Å². The molecule has 2 atom stereocenters. The molecular formula is C9H14N4. The van der Waals surface area contributed by atoms with E-state index < -0.39 is 0 Å². The summed E-state index contributed by atoms with van der Waals surface area (Å²) in [5.41, 5.74) is 5.65. The van der Waals surface area contributed by atoms with Crippen molar-refractivity contribution in [2.75, 3.05) is 5.73 Å². The molecule has 2 saturated carbocycles. The van der Waals surface area contributed by atoms with Gasteiger partial charge < -0.3 is 5.73 Å². The molecule has 2 unspecified atom stereocenters. The lowest BCUT2D eigenvalue weighted by Gasteiger charge is -1.95. The molecule has 13 heavy (non-hydrogen) atoms. The first-order valence-corrected chi connectivity index (χ1v) is 4.94. The van der Waals surface area contributed by atoms with E-state index in [0.29, 0.717) is 11.9 Å². The second kappa shape index (κ2) is 2.25. The number of nitrogens with two attached hydrogens (primary N) is 1. The van der Waals surface area contributed by atoms with Crippen molar-refractivity contribution < 1.29 is 0 Å². The lowest BCUT2D eigenvalue weighted by Crippen LogP contribution is -1.97. The molecule has 0 spiro atoms. The summed E-state index contributed by atoms with van der Waals surface area (Å²) in [7, 11) is 1.85. The van der Waals surface area contributed by atoms with Crippen molar-refractivity contribution in [2.45, 2.75) is 25.2 Å². The standard InChI is InChI=1S/C9H14N4/c1-13-9(10)11-8(12-13)7-5-3-2-4-6(5)7/h5-7H,2-4H2,1H3,(H2,10,11,12). The molecule has 1 aromatic heterocycles. The van der Waals surface area contributed by atoms with Gasteiger partial charge in [-0.05, 0) is 24.7 Å². The maximum absolute atomic E-state index is 5.65. The fraction of sp³-hybridized carbons (Fsp3) is 0.778. The smallest absolute Gasteiger partial charge is 0.218 e. The molecule has 4 heteroatoms. The summed E-state index contributed by atoms with van der Waals surface area (Å²) in [6.45, 7) is 0. The van der Waals surface area contributed by atoms with E-state index in [0.717, 1.165) is 17.7 Å². The Balaban J connectivity index is 1.87. The van der Waals surface area contributed by atoms with Gasteiger partial charge in [0.2, 0.25) is 5.95 Å². The number of fused-ring (bicyclic) bond motifs is 1. The van der Waals surface area contributed by atoms with E-state index in [4.69, 9.17) is 5.73 Å². The minimum absolute atomic E-state index is 0.542. The molecular weight excluding hydrogens is 164 g/mol. The van der Waals surface area contributed by atoms with Crippen LogP contribution in [-0.2, 0) is 7.05 Å². The Bertz CT molecular complexity index is 314. The predicted molar refractivity (Wildman–Crippen MR) is 49.0 cm³/mol. The molecule has 0 radical (unpaired) electrons. The average molecular weight is 178 g/mol. The van der Waals surface area contributed by atoms with Crippen molar-refractivity contribution in [1.82, 2.24) is 14.8 Å². The first-order chi connectivity index (χ1) is 6.27. The minimum Gasteiger partial charge on any atom is -0.368 e. The van der Waals surface area contributed by atoms with Crippen LogP contribution in [-0.4, -0.2) is 14.8 Å². The number of aromatic nitrogens is 3. The first-order valence-electron chi connectivity index (χ1n) is 4.94. The van der Waals surface area contributed by atoms with Crippen LogP contribution in [0.2, 0.25) is 0 Å². The molecule has 2 aliphatic rings. The lowest BCUT2D eigenvalue weighted by atomic mass is 10.1. The number of nitrogens with zero attached hydrogens (tertiary/aromatic N) is 3. The molecule has 0 amide bonds. The van der Waals surface area contributed by atoms with E-state index >= 15 is 0 Å². The highest BCUT2D eigenvalue weighted by Gasteiger charge is 2.55. The molecule has 3 rings (SSSR count). The Morgan fingerprint density at radius 1 is 1.38 bits per heavy atom. The monoisotopic (exact) mass is 178 g/mol. The highest BCUT2D eigenvalue weighted by Crippen LogP contribution is 2.62.